The number of nitrogens with zero attached hydrogens (tertiary/aromatic N) is 2. The van der Waals surface area contributed by atoms with Crippen LogP contribution in [0.5, 0.6) is 28.7 Å². The molecule has 242 valence electrons. The van der Waals surface area contributed by atoms with Crippen molar-refractivity contribution in [2.75, 3.05) is 39.9 Å². The Bertz CT molecular complexity index is 2060. The Kier molecular flexibility index (Phi) is 10.2. The third-order valence-corrected chi connectivity index (χ3v) is 8.49. The van der Waals surface area contributed by atoms with Gasteiger partial charge in [-0.3, -0.25) is 14.2 Å². The van der Waals surface area contributed by atoms with Crippen LogP contribution in [0, 0.1) is 12.3 Å². The van der Waals surface area contributed by atoms with Gasteiger partial charge in [0.05, 0.1) is 54.8 Å². The second kappa shape index (κ2) is 14.5. The lowest BCUT2D eigenvalue weighted by molar-refractivity contribution is -0.113. The normalized spacial score (nSPS) is 14.1. The Balaban J connectivity index is 1.72. The zero-order valence-electron chi connectivity index (χ0n) is 26.4. The topological polar surface area (TPSA) is 110 Å². The number of hydrogen-bond donors (Lipinski definition) is 1. The molecular weight excluding hydrogens is 642 g/mol. The number of terminal acetylenes is 1. The highest BCUT2D eigenvalue weighted by Crippen LogP contribution is 2.42. The van der Waals surface area contributed by atoms with Gasteiger partial charge < -0.3 is 29.0 Å². The number of rotatable bonds is 11. The van der Waals surface area contributed by atoms with Crippen molar-refractivity contribution < 1.29 is 28.5 Å². The lowest BCUT2D eigenvalue weighted by Gasteiger charge is -2.26. The molecule has 0 bridgehead atoms. The van der Waals surface area contributed by atoms with Gasteiger partial charge in [-0.2, -0.15) is 0 Å². The van der Waals surface area contributed by atoms with Crippen molar-refractivity contribution in [1.82, 2.24) is 4.57 Å². The molecule has 0 unspecified atom stereocenters. The average molecular weight is 674 g/mol. The molecule has 1 amide bonds. The lowest BCUT2D eigenvalue weighted by atomic mass is 9.94. The Morgan fingerprint density at radius 1 is 1.04 bits per heavy atom. The number of carbonyl (C=O) groups excluding carboxylic acids is 1. The molecule has 1 aliphatic rings. The molecule has 2 heterocycles. The van der Waals surface area contributed by atoms with Crippen molar-refractivity contribution in [2.24, 2.45) is 4.99 Å². The number of ether oxygens (including phenoxy) is 5. The molecule has 3 aromatic carbocycles. The van der Waals surface area contributed by atoms with Gasteiger partial charge in [0.15, 0.2) is 27.8 Å². The third kappa shape index (κ3) is 6.70. The number of anilines is 1. The van der Waals surface area contributed by atoms with Crippen LogP contribution in [0.3, 0.4) is 0 Å². The molecule has 0 spiro atoms. The maximum absolute atomic E-state index is 14.3. The van der Waals surface area contributed by atoms with E-state index in [9.17, 15) is 9.59 Å². The highest BCUT2D eigenvalue weighted by molar-refractivity contribution is 7.07. The van der Waals surface area contributed by atoms with Crippen molar-refractivity contribution in [2.45, 2.75) is 19.9 Å². The van der Waals surface area contributed by atoms with Crippen molar-refractivity contribution in [3.63, 3.8) is 0 Å². The Morgan fingerprint density at radius 3 is 2.36 bits per heavy atom. The van der Waals surface area contributed by atoms with Gasteiger partial charge in [0.1, 0.15) is 6.61 Å². The predicted octanol–water partition coefficient (Wildman–Crippen LogP) is 4.96. The summed E-state index contributed by atoms with van der Waals surface area (Å²) < 4.78 is 30.0. The lowest BCUT2D eigenvalue weighted by Crippen LogP contribution is -2.40. The molecule has 12 heteroatoms. The first-order valence-corrected chi connectivity index (χ1v) is 15.6. The van der Waals surface area contributed by atoms with Crippen molar-refractivity contribution in [3.8, 4) is 41.1 Å². The van der Waals surface area contributed by atoms with Crippen LogP contribution in [0.2, 0.25) is 5.02 Å². The number of aromatic nitrogens is 1. The summed E-state index contributed by atoms with van der Waals surface area (Å²) in [5.74, 6) is 3.82. The highest BCUT2D eigenvalue weighted by Gasteiger charge is 2.34. The standard InChI is InChI=1S/C35H32ClN3O7S/c1-7-14-46-31-24(36)15-21(16-27(31)45-8-2)17-28-34(41)39-30(22-18-25(42-4)32(44-6)26(19-22)43-5)29(20(3)37-35(39)47-28)33(40)38-23-12-10-9-11-13-23/h1,9-13,15-19,30H,8,14H2,2-6H3,(H,38,40)/b28-17-/t30-/m0/s1. The van der Waals surface area contributed by atoms with Crippen LogP contribution in [0.1, 0.15) is 31.0 Å². The summed E-state index contributed by atoms with van der Waals surface area (Å²) >= 11 is 7.74. The Morgan fingerprint density at radius 2 is 1.74 bits per heavy atom. The number of amides is 1. The van der Waals surface area contributed by atoms with E-state index in [0.717, 1.165) is 0 Å². The van der Waals surface area contributed by atoms with Gasteiger partial charge >= 0.3 is 0 Å². The number of halogens is 1. The number of benzene rings is 3. The fraction of sp³-hybridized carbons (Fsp3) is 0.229. The van der Waals surface area contributed by atoms with Gasteiger partial charge in [0.25, 0.3) is 11.5 Å². The number of hydrogen-bond acceptors (Lipinski definition) is 9. The number of methoxy groups -OCH3 is 3. The van der Waals surface area contributed by atoms with Gasteiger partial charge in [0, 0.05) is 5.69 Å². The molecule has 1 aliphatic heterocycles. The van der Waals surface area contributed by atoms with Gasteiger partial charge in [-0.15, -0.1) is 6.42 Å². The van der Waals surface area contributed by atoms with E-state index in [4.69, 9.17) is 46.7 Å². The number of para-hydroxylation sites is 1. The molecule has 1 N–H and O–H groups in total. The maximum atomic E-state index is 14.3. The second-order valence-electron chi connectivity index (χ2n) is 10.1. The van der Waals surface area contributed by atoms with E-state index >= 15 is 0 Å². The number of fused-ring (bicyclic) bond motifs is 1. The maximum Gasteiger partial charge on any atom is 0.271 e. The molecule has 1 aromatic heterocycles. The van der Waals surface area contributed by atoms with E-state index in [1.165, 1.54) is 37.2 Å². The number of carbonyl (C=O) groups is 1. The zero-order chi connectivity index (χ0) is 33.7. The third-order valence-electron chi connectivity index (χ3n) is 7.23. The average Bonchev–Trinajstić information content (AvgIpc) is 3.36. The first-order valence-electron chi connectivity index (χ1n) is 14.5. The smallest absolute Gasteiger partial charge is 0.271 e. The molecule has 0 fully saturated rings. The summed E-state index contributed by atoms with van der Waals surface area (Å²) in [6.45, 7) is 3.94. The first-order chi connectivity index (χ1) is 22.7. The quantitative estimate of drug-likeness (QED) is 0.224. The summed E-state index contributed by atoms with van der Waals surface area (Å²) in [6, 6.07) is 15.0. The van der Waals surface area contributed by atoms with E-state index in [2.05, 4.69) is 11.2 Å². The van der Waals surface area contributed by atoms with Crippen LogP contribution in [0.15, 0.2) is 75.7 Å². The Hall–Kier alpha value is -5.18. The summed E-state index contributed by atoms with van der Waals surface area (Å²) in [4.78, 5) is 33.4. The van der Waals surface area contributed by atoms with Crippen molar-refractivity contribution in [1.29, 1.82) is 0 Å². The van der Waals surface area contributed by atoms with E-state index in [0.29, 0.717) is 67.2 Å². The molecule has 5 rings (SSSR count). The van der Waals surface area contributed by atoms with E-state index in [1.807, 2.05) is 25.1 Å². The van der Waals surface area contributed by atoms with Crippen LogP contribution >= 0.6 is 22.9 Å². The van der Waals surface area contributed by atoms with Crippen LogP contribution in [-0.2, 0) is 4.79 Å². The molecular formula is C35H32ClN3O7S. The highest BCUT2D eigenvalue weighted by atomic mass is 35.5. The Labute approximate surface area is 280 Å². The van der Waals surface area contributed by atoms with Crippen LogP contribution in [0.25, 0.3) is 6.08 Å². The van der Waals surface area contributed by atoms with Crippen LogP contribution in [-0.4, -0.2) is 45.0 Å². The minimum absolute atomic E-state index is 0.0121. The number of allylic oxidation sites excluding steroid dienone is 1. The zero-order valence-corrected chi connectivity index (χ0v) is 28.0. The minimum atomic E-state index is -0.895. The molecule has 0 saturated heterocycles. The molecule has 47 heavy (non-hydrogen) atoms. The SMILES string of the molecule is C#CCOc1c(Cl)cc(/C=c2\sc3n(c2=O)[C@@H](c2cc(OC)c(OC)c(OC)c2)C(C(=O)Nc2ccccc2)=C(C)N=3)cc1OCC. The van der Waals surface area contributed by atoms with Crippen molar-refractivity contribution >= 4 is 40.6 Å². The summed E-state index contributed by atoms with van der Waals surface area (Å²) in [5, 5.41) is 3.22. The van der Waals surface area contributed by atoms with Gasteiger partial charge in [-0.05, 0) is 67.4 Å². The monoisotopic (exact) mass is 673 g/mol. The summed E-state index contributed by atoms with van der Waals surface area (Å²) in [6.07, 6.45) is 7.06. The molecule has 0 aliphatic carbocycles. The summed E-state index contributed by atoms with van der Waals surface area (Å²) in [7, 11) is 4.51. The molecule has 0 radical (unpaired) electrons. The fourth-order valence-electron chi connectivity index (χ4n) is 5.25. The summed E-state index contributed by atoms with van der Waals surface area (Å²) in [5.41, 5.74) is 2.10. The van der Waals surface area contributed by atoms with Crippen LogP contribution < -0.4 is 43.9 Å². The second-order valence-corrected chi connectivity index (χ2v) is 11.5. The van der Waals surface area contributed by atoms with E-state index in [1.54, 1.807) is 49.4 Å². The molecule has 0 saturated carbocycles. The largest absolute Gasteiger partial charge is 0.493 e. The predicted molar refractivity (Wildman–Crippen MR) is 182 cm³/mol. The van der Waals surface area contributed by atoms with E-state index in [-0.39, 0.29) is 22.8 Å². The van der Waals surface area contributed by atoms with Gasteiger partial charge in [0.2, 0.25) is 5.75 Å². The molecule has 1 atom stereocenters. The van der Waals surface area contributed by atoms with Crippen molar-refractivity contribution in [3.05, 3.63) is 102 Å². The molecule has 4 aromatic rings. The van der Waals surface area contributed by atoms with Gasteiger partial charge in [-0.25, -0.2) is 4.99 Å². The van der Waals surface area contributed by atoms with E-state index < -0.39 is 11.9 Å². The minimum Gasteiger partial charge on any atom is -0.493 e. The molecule has 10 nitrogen and oxygen atoms in total. The first kappa shape index (κ1) is 33.2. The number of nitrogens with one attached hydrogen (secondary N) is 1. The number of thiazole rings is 1. The van der Waals surface area contributed by atoms with Gasteiger partial charge in [-0.1, -0.05) is 47.1 Å². The fourth-order valence-corrected chi connectivity index (χ4v) is 6.57. The van der Waals surface area contributed by atoms with Crippen LogP contribution in [0.4, 0.5) is 5.69 Å².